The van der Waals surface area contributed by atoms with Crippen LogP contribution in [0, 0.1) is 17.0 Å². The van der Waals surface area contributed by atoms with Gasteiger partial charge in [0.15, 0.2) is 0 Å². The number of likely N-dealkylation sites (tertiary alicyclic amines) is 1. The van der Waals surface area contributed by atoms with Gasteiger partial charge in [0.25, 0.3) is 0 Å². The number of fused-ring (bicyclic) bond motifs is 1. The molecule has 2 heterocycles. The van der Waals surface area contributed by atoms with Gasteiger partial charge in [-0.05, 0) is 62.5 Å². The summed E-state index contributed by atoms with van der Waals surface area (Å²) in [5.41, 5.74) is 0.220. The van der Waals surface area contributed by atoms with E-state index in [1.165, 1.54) is 13.3 Å². The predicted octanol–water partition coefficient (Wildman–Crippen LogP) is 5.05. The first-order chi connectivity index (χ1) is 18.2. The molecule has 0 amide bonds. The van der Waals surface area contributed by atoms with Gasteiger partial charge in [-0.25, -0.2) is 13.2 Å². The van der Waals surface area contributed by atoms with Crippen molar-refractivity contribution in [1.82, 2.24) is 9.88 Å². The number of carboxylic acids is 1. The highest BCUT2D eigenvalue weighted by Crippen LogP contribution is 2.40. The molecule has 2 N–H and O–H groups in total. The van der Waals surface area contributed by atoms with E-state index >= 15 is 0 Å². The zero-order chi connectivity index (χ0) is 27.3. The van der Waals surface area contributed by atoms with Gasteiger partial charge in [0.1, 0.15) is 36.4 Å². The second-order valence-corrected chi connectivity index (χ2v) is 9.65. The number of aromatic nitrogens is 1. The van der Waals surface area contributed by atoms with Gasteiger partial charge in [0.2, 0.25) is 0 Å². The van der Waals surface area contributed by atoms with Gasteiger partial charge >= 0.3 is 5.97 Å². The molecule has 1 aliphatic heterocycles. The third-order valence-electron chi connectivity index (χ3n) is 7.35. The van der Waals surface area contributed by atoms with Crippen LogP contribution < -0.4 is 9.47 Å². The Balaban J connectivity index is 1.39. The van der Waals surface area contributed by atoms with Crippen LogP contribution in [0.1, 0.15) is 42.9 Å². The Kier molecular flexibility index (Phi) is 8.73. The van der Waals surface area contributed by atoms with E-state index in [4.69, 9.17) is 9.47 Å². The molecular weight excluding hydrogens is 501 g/mol. The number of methoxy groups -OCH3 is 1. The minimum atomic E-state index is -1.08. The summed E-state index contributed by atoms with van der Waals surface area (Å²) in [6.45, 7) is 0.853. The largest absolute Gasteiger partial charge is 0.497 e. The standard InChI is InChI=1S/C28H31F3N2O5/c1-37-21-2-3-24-23(15-21)26(18(16-29)17-32-24)25(34)4-5-28(27(35)36)6-8-33(9-7-28)10-11-38-22-13-19(30)12-20(31)14-22/h2-3,12-15,17,25,34H,4-11,16H2,1H3,(H,35,36)/t25-/m1/s1. The highest BCUT2D eigenvalue weighted by atomic mass is 19.1. The van der Waals surface area contributed by atoms with Crippen LogP contribution in [0.15, 0.2) is 42.6 Å². The second-order valence-electron chi connectivity index (χ2n) is 9.65. The number of carboxylic acid groups (broad SMARTS) is 1. The Morgan fingerprint density at radius 3 is 2.47 bits per heavy atom. The fourth-order valence-electron chi connectivity index (χ4n) is 5.10. The van der Waals surface area contributed by atoms with E-state index in [0.29, 0.717) is 54.7 Å². The highest BCUT2D eigenvalue weighted by molar-refractivity contribution is 5.85. The summed E-state index contributed by atoms with van der Waals surface area (Å²) < 4.78 is 51.2. The summed E-state index contributed by atoms with van der Waals surface area (Å²) in [4.78, 5) is 18.6. The molecule has 2 aromatic carbocycles. The first-order valence-corrected chi connectivity index (χ1v) is 12.5. The van der Waals surface area contributed by atoms with Crippen molar-refractivity contribution in [2.75, 3.05) is 33.4 Å². The summed E-state index contributed by atoms with van der Waals surface area (Å²) in [6, 6.07) is 8.15. The zero-order valence-corrected chi connectivity index (χ0v) is 21.1. The first kappa shape index (κ1) is 27.7. The molecule has 1 aromatic heterocycles. The van der Waals surface area contributed by atoms with Gasteiger partial charge in [-0.3, -0.25) is 14.7 Å². The van der Waals surface area contributed by atoms with Crippen LogP contribution in [0.25, 0.3) is 10.9 Å². The summed E-state index contributed by atoms with van der Waals surface area (Å²) in [7, 11) is 1.51. The molecule has 1 atom stereocenters. The number of hydrogen-bond acceptors (Lipinski definition) is 6. The third-order valence-corrected chi connectivity index (χ3v) is 7.35. The van der Waals surface area contributed by atoms with Crippen molar-refractivity contribution in [2.45, 2.75) is 38.5 Å². The van der Waals surface area contributed by atoms with Crippen LogP contribution in [-0.4, -0.2) is 59.4 Å². The van der Waals surface area contributed by atoms with Crippen LogP contribution in [0.3, 0.4) is 0 Å². The Bertz CT molecular complexity index is 1260. The first-order valence-electron chi connectivity index (χ1n) is 12.5. The molecule has 1 fully saturated rings. The number of halogens is 3. The fraction of sp³-hybridized carbons (Fsp3) is 0.429. The SMILES string of the molecule is COc1ccc2ncc(CF)c([C@H](O)CCC3(C(=O)O)CCN(CCOc4cc(F)cc(F)c4)CC3)c2c1. The Hall–Kier alpha value is -3.37. The van der Waals surface area contributed by atoms with Gasteiger partial charge in [0, 0.05) is 41.9 Å². The maximum Gasteiger partial charge on any atom is 0.309 e. The second kappa shape index (κ2) is 12.0. The molecule has 3 aromatic rings. The van der Waals surface area contributed by atoms with Crippen molar-refractivity contribution >= 4 is 16.9 Å². The summed E-state index contributed by atoms with van der Waals surface area (Å²) in [6.07, 6.45) is 1.42. The predicted molar refractivity (Wildman–Crippen MR) is 135 cm³/mol. The van der Waals surface area contributed by atoms with E-state index in [1.807, 2.05) is 4.90 Å². The van der Waals surface area contributed by atoms with E-state index in [1.54, 1.807) is 18.2 Å². The van der Waals surface area contributed by atoms with Crippen LogP contribution in [0.4, 0.5) is 13.2 Å². The molecule has 1 saturated heterocycles. The number of benzene rings is 2. The maximum absolute atomic E-state index is 13.8. The van der Waals surface area contributed by atoms with Crippen LogP contribution >= 0.6 is 0 Å². The number of aliphatic hydroxyl groups is 1. The van der Waals surface area contributed by atoms with Crippen molar-refractivity contribution < 1.29 is 37.7 Å². The molecule has 0 spiro atoms. The third kappa shape index (κ3) is 6.19. The van der Waals surface area contributed by atoms with Crippen molar-refractivity contribution in [2.24, 2.45) is 5.41 Å². The van der Waals surface area contributed by atoms with Crippen molar-refractivity contribution in [3.8, 4) is 11.5 Å². The molecule has 38 heavy (non-hydrogen) atoms. The minimum Gasteiger partial charge on any atom is -0.497 e. The molecule has 1 aliphatic rings. The van der Waals surface area contributed by atoms with Crippen LogP contribution in [0.2, 0.25) is 0 Å². The average Bonchev–Trinajstić information content (AvgIpc) is 2.90. The van der Waals surface area contributed by atoms with E-state index in [0.717, 1.165) is 18.2 Å². The number of pyridine rings is 1. The lowest BCUT2D eigenvalue weighted by molar-refractivity contribution is -0.153. The number of hydrogen-bond donors (Lipinski definition) is 2. The van der Waals surface area contributed by atoms with E-state index in [9.17, 15) is 28.2 Å². The number of carbonyl (C=O) groups is 1. The quantitative estimate of drug-likeness (QED) is 0.357. The molecule has 204 valence electrons. The Labute approximate surface area is 218 Å². The summed E-state index contributed by atoms with van der Waals surface area (Å²) in [5, 5.41) is 21.8. The summed E-state index contributed by atoms with van der Waals surface area (Å²) in [5.74, 6) is -1.72. The van der Waals surface area contributed by atoms with Gasteiger partial charge in [-0.1, -0.05) is 0 Å². The summed E-state index contributed by atoms with van der Waals surface area (Å²) >= 11 is 0. The molecule has 10 heteroatoms. The monoisotopic (exact) mass is 532 g/mol. The van der Waals surface area contributed by atoms with Gasteiger partial charge in [-0.2, -0.15) is 0 Å². The molecular formula is C28H31F3N2O5. The van der Waals surface area contributed by atoms with Crippen molar-refractivity contribution in [1.29, 1.82) is 0 Å². The molecule has 0 radical (unpaired) electrons. The van der Waals surface area contributed by atoms with Gasteiger partial charge in [0.05, 0.1) is 24.1 Å². The molecule has 0 saturated carbocycles. The number of aliphatic carboxylic acids is 1. The minimum absolute atomic E-state index is 0.0993. The zero-order valence-electron chi connectivity index (χ0n) is 21.1. The van der Waals surface area contributed by atoms with Gasteiger partial charge < -0.3 is 19.7 Å². The molecule has 0 unspecified atom stereocenters. The lowest BCUT2D eigenvalue weighted by atomic mass is 9.74. The Morgan fingerprint density at radius 1 is 1.13 bits per heavy atom. The van der Waals surface area contributed by atoms with E-state index in [-0.39, 0.29) is 30.8 Å². The Morgan fingerprint density at radius 2 is 1.84 bits per heavy atom. The number of alkyl halides is 1. The lowest BCUT2D eigenvalue weighted by Gasteiger charge is -2.39. The van der Waals surface area contributed by atoms with Gasteiger partial charge in [-0.15, -0.1) is 0 Å². The average molecular weight is 533 g/mol. The number of rotatable bonds is 11. The number of aliphatic hydroxyl groups excluding tert-OH is 1. The van der Waals surface area contributed by atoms with Crippen LogP contribution in [-0.2, 0) is 11.5 Å². The molecule has 4 rings (SSSR count). The fourth-order valence-corrected chi connectivity index (χ4v) is 5.10. The van der Waals surface area contributed by atoms with Crippen LogP contribution in [0.5, 0.6) is 11.5 Å². The molecule has 7 nitrogen and oxygen atoms in total. The number of ether oxygens (including phenoxy) is 2. The molecule has 0 aliphatic carbocycles. The van der Waals surface area contributed by atoms with Crippen molar-refractivity contribution in [3.63, 3.8) is 0 Å². The number of piperidine rings is 1. The topological polar surface area (TPSA) is 92.1 Å². The molecule has 0 bridgehead atoms. The highest BCUT2D eigenvalue weighted by Gasteiger charge is 2.41. The van der Waals surface area contributed by atoms with Crippen molar-refractivity contribution in [3.05, 3.63) is 65.4 Å². The maximum atomic E-state index is 13.8. The van der Waals surface area contributed by atoms with E-state index < -0.39 is 35.8 Å². The normalized spacial score (nSPS) is 16.3. The lowest BCUT2D eigenvalue weighted by Crippen LogP contribution is -2.45. The van der Waals surface area contributed by atoms with E-state index in [2.05, 4.69) is 4.98 Å². The smallest absolute Gasteiger partial charge is 0.309 e. The number of nitrogens with zero attached hydrogens (tertiary/aromatic N) is 2.